The number of fused-ring (bicyclic) bond motifs is 1. The minimum Gasteiger partial charge on any atom is -0.494 e. The van der Waals surface area contributed by atoms with E-state index in [0.717, 1.165) is 5.56 Å². The van der Waals surface area contributed by atoms with E-state index >= 15 is 0 Å². The lowest BCUT2D eigenvalue weighted by atomic mass is 10.1. The van der Waals surface area contributed by atoms with Crippen LogP contribution in [0.1, 0.15) is 5.56 Å². The van der Waals surface area contributed by atoms with Crippen LogP contribution in [0.2, 0.25) is 0 Å². The Morgan fingerprint density at radius 1 is 1.08 bits per heavy atom. The molecule has 122 valence electrons. The van der Waals surface area contributed by atoms with E-state index in [2.05, 4.69) is 30.6 Å². The van der Waals surface area contributed by atoms with Gasteiger partial charge < -0.3 is 5.11 Å². The van der Waals surface area contributed by atoms with Crippen LogP contribution in [0.15, 0.2) is 58.3 Å². The summed E-state index contributed by atoms with van der Waals surface area (Å²) in [6.45, 7) is 0. The number of H-pyrrole nitrogens is 2. The van der Waals surface area contributed by atoms with Gasteiger partial charge in [0.25, 0.3) is 5.56 Å². The molecule has 2 aromatic heterocycles. The van der Waals surface area contributed by atoms with Crippen molar-refractivity contribution in [2.24, 2.45) is 4.99 Å². The Morgan fingerprint density at radius 2 is 1.92 bits per heavy atom. The number of hydrogen-bond acceptors (Lipinski definition) is 6. The Kier molecular flexibility index (Phi) is 3.55. The number of aromatic nitrogens is 5. The molecule has 2 heterocycles. The van der Waals surface area contributed by atoms with Crippen molar-refractivity contribution in [1.29, 1.82) is 0 Å². The van der Waals surface area contributed by atoms with Gasteiger partial charge in [0.2, 0.25) is 11.7 Å². The Labute approximate surface area is 140 Å². The summed E-state index contributed by atoms with van der Waals surface area (Å²) in [4.78, 5) is 18.7. The lowest BCUT2D eigenvalue weighted by molar-refractivity contribution is 0.452. The summed E-state index contributed by atoms with van der Waals surface area (Å²) < 4.78 is 0. The van der Waals surface area contributed by atoms with Crippen LogP contribution < -0.4 is 5.56 Å². The molecule has 0 spiro atoms. The highest BCUT2D eigenvalue weighted by Crippen LogP contribution is 2.23. The van der Waals surface area contributed by atoms with Gasteiger partial charge in [-0.2, -0.15) is 5.21 Å². The second-order valence-electron chi connectivity index (χ2n) is 5.31. The molecule has 0 saturated carbocycles. The average Bonchev–Trinajstić information content (AvgIpc) is 3.16. The molecule has 0 aliphatic heterocycles. The SMILES string of the molecule is O=c1[nH]c(O)c(C=Nc2cccc(-c3nn[nH]n3)c2)c2ccccc12. The minimum atomic E-state index is -0.343. The molecule has 0 saturated heterocycles. The van der Waals surface area contributed by atoms with Crippen molar-refractivity contribution in [2.45, 2.75) is 0 Å². The van der Waals surface area contributed by atoms with Gasteiger partial charge in [-0.25, -0.2) is 0 Å². The largest absolute Gasteiger partial charge is 0.494 e. The molecule has 8 nitrogen and oxygen atoms in total. The van der Waals surface area contributed by atoms with Crippen LogP contribution in [-0.4, -0.2) is 36.9 Å². The molecule has 8 heteroatoms. The molecule has 25 heavy (non-hydrogen) atoms. The number of aromatic amines is 2. The monoisotopic (exact) mass is 332 g/mol. The number of hydrogen-bond donors (Lipinski definition) is 3. The van der Waals surface area contributed by atoms with Crippen LogP contribution in [0.5, 0.6) is 5.88 Å². The first-order valence-corrected chi connectivity index (χ1v) is 7.44. The molecule has 0 unspecified atom stereocenters. The summed E-state index contributed by atoms with van der Waals surface area (Å²) >= 11 is 0. The highest BCUT2D eigenvalue weighted by Gasteiger charge is 2.09. The molecular weight excluding hydrogens is 320 g/mol. The van der Waals surface area contributed by atoms with Crippen molar-refractivity contribution >= 4 is 22.7 Å². The van der Waals surface area contributed by atoms with Crippen LogP contribution in [0.25, 0.3) is 22.2 Å². The molecule has 3 N–H and O–H groups in total. The second kappa shape index (κ2) is 6.00. The highest BCUT2D eigenvalue weighted by molar-refractivity contribution is 6.01. The lowest BCUT2D eigenvalue weighted by Crippen LogP contribution is -2.07. The maximum absolute atomic E-state index is 11.9. The third-order valence-corrected chi connectivity index (χ3v) is 3.74. The van der Waals surface area contributed by atoms with E-state index in [0.29, 0.717) is 27.8 Å². The summed E-state index contributed by atoms with van der Waals surface area (Å²) in [7, 11) is 0. The molecule has 0 atom stereocenters. The Balaban J connectivity index is 1.77. The quantitative estimate of drug-likeness (QED) is 0.497. The van der Waals surface area contributed by atoms with Gasteiger partial charge in [-0.05, 0) is 23.4 Å². The van der Waals surface area contributed by atoms with Gasteiger partial charge in [0.1, 0.15) is 0 Å². The number of rotatable bonds is 3. The van der Waals surface area contributed by atoms with E-state index in [9.17, 15) is 9.90 Å². The fraction of sp³-hybridized carbons (Fsp3) is 0. The molecule has 0 fully saturated rings. The van der Waals surface area contributed by atoms with E-state index in [4.69, 9.17) is 0 Å². The van der Waals surface area contributed by atoms with Gasteiger partial charge in [-0.1, -0.05) is 30.3 Å². The van der Waals surface area contributed by atoms with E-state index in [1.54, 1.807) is 30.3 Å². The standard InChI is InChI=1S/C17H12N6O2/c24-16-13-7-2-1-6-12(13)14(17(25)19-16)9-18-11-5-3-4-10(8-11)15-20-22-23-21-15/h1-9H,(H2,19,24,25)(H,20,21,22,23). The molecule has 4 aromatic rings. The van der Waals surface area contributed by atoms with Crippen molar-refractivity contribution in [2.75, 3.05) is 0 Å². The van der Waals surface area contributed by atoms with Gasteiger partial charge in [0.05, 0.1) is 11.3 Å². The molecule has 0 bridgehead atoms. The molecule has 0 radical (unpaired) electrons. The smallest absolute Gasteiger partial charge is 0.258 e. The summed E-state index contributed by atoms with van der Waals surface area (Å²) in [6, 6.07) is 14.3. The Hall–Kier alpha value is -3.81. The number of aromatic hydroxyl groups is 1. The van der Waals surface area contributed by atoms with Crippen LogP contribution >= 0.6 is 0 Å². The van der Waals surface area contributed by atoms with E-state index in [1.165, 1.54) is 6.21 Å². The summed E-state index contributed by atoms with van der Waals surface area (Å²) in [5, 5.41) is 25.0. The van der Waals surface area contributed by atoms with Crippen LogP contribution in [0, 0.1) is 0 Å². The number of nitrogens with one attached hydrogen (secondary N) is 2. The lowest BCUT2D eigenvalue weighted by Gasteiger charge is -2.04. The molecule has 0 aliphatic rings. The van der Waals surface area contributed by atoms with Gasteiger partial charge in [0.15, 0.2) is 0 Å². The van der Waals surface area contributed by atoms with Crippen molar-refractivity contribution in [3.63, 3.8) is 0 Å². The summed E-state index contributed by atoms with van der Waals surface area (Å²) in [6.07, 6.45) is 1.52. The Morgan fingerprint density at radius 3 is 2.72 bits per heavy atom. The van der Waals surface area contributed by atoms with Crippen molar-refractivity contribution in [3.8, 4) is 17.3 Å². The average molecular weight is 332 g/mol. The fourth-order valence-corrected chi connectivity index (χ4v) is 2.56. The van der Waals surface area contributed by atoms with Crippen molar-refractivity contribution < 1.29 is 5.11 Å². The third-order valence-electron chi connectivity index (χ3n) is 3.74. The third kappa shape index (κ3) is 2.76. The molecule has 0 aliphatic carbocycles. The van der Waals surface area contributed by atoms with Gasteiger partial charge >= 0.3 is 0 Å². The van der Waals surface area contributed by atoms with Crippen molar-refractivity contribution in [3.05, 3.63) is 64.4 Å². The summed E-state index contributed by atoms with van der Waals surface area (Å²) in [5.41, 5.74) is 1.51. The van der Waals surface area contributed by atoms with Gasteiger partial charge in [-0.15, -0.1) is 10.2 Å². The van der Waals surface area contributed by atoms with E-state index < -0.39 is 0 Å². The van der Waals surface area contributed by atoms with Crippen LogP contribution in [-0.2, 0) is 0 Å². The molecule has 0 amide bonds. The number of pyridine rings is 1. The van der Waals surface area contributed by atoms with Crippen molar-refractivity contribution in [1.82, 2.24) is 25.6 Å². The minimum absolute atomic E-state index is 0.221. The van der Waals surface area contributed by atoms with E-state index in [1.807, 2.05) is 18.2 Å². The molecule has 2 aromatic carbocycles. The predicted octanol–water partition coefficient (Wildman–Crippen LogP) is 2.16. The topological polar surface area (TPSA) is 120 Å². The number of tetrazole rings is 1. The van der Waals surface area contributed by atoms with E-state index in [-0.39, 0.29) is 11.4 Å². The van der Waals surface area contributed by atoms with Crippen LogP contribution in [0.3, 0.4) is 0 Å². The normalized spacial score (nSPS) is 11.4. The number of nitrogens with zero attached hydrogens (tertiary/aromatic N) is 4. The number of benzene rings is 2. The highest BCUT2D eigenvalue weighted by atomic mass is 16.3. The zero-order valence-electron chi connectivity index (χ0n) is 12.8. The maximum atomic E-state index is 11.9. The molecule has 4 rings (SSSR count). The molecular formula is C17H12N6O2. The first-order chi connectivity index (χ1) is 12.2. The fourth-order valence-electron chi connectivity index (χ4n) is 2.56. The van der Waals surface area contributed by atoms with Gasteiger partial charge in [0, 0.05) is 22.6 Å². The maximum Gasteiger partial charge on any atom is 0.258 e. The summed E-state index contributed by atoms with van der Waals surface area (Å²) in [5.74, 6) is 0.246. The first-order valence-electron chi connectivity index (χ1n) is 7.44. The zero-order valence-corrected chi connectivity index (χ0v) is 12.8. The predicted molar refractivity (Wildman–Crippen MR) is 93.1 cm³/mol. The Bertz CT molecular complexity index is 1130. The van der Waals surface area contributed by atoms with Gasteiger partial charge in [-0.3, -0.25) is 14.8 Å². The van der Waals surface area contributed by atoms with Crippen LogP contribution in [0.4, 0.5) is 5.69 Å². The second-order valence-corrected chi connectivity index (χ2v) is 5.31. The first kappa shape index (κ1) is 14.8. The number of aliphatic imine (C=N–C) groups is 1. The zero-order chi connectivity index (χ0) is 17.2.